The summed E-state index contributed by atoms with van der Waals surface area (Å²) in [6.45, 7) is 1.90. The molecule has 0 amide bonds. The van der Waals surface area contributed by atoms with Crippen LogP contribution < -0.4 is 0 Å². The van der Waals surface area contributed by atoms with Crippen molar-refractivity contribution in [2.75, 3.05) is 0 Å². The van der Waals surface area contributed by atoms with E-state index in [4.69, 9.17) is 0 Å². The van der Waals surface area contributed by atoms with Crippen LogP contribution >= 0.6 is 45.5 Å². The molecule has 2 aromatic heterocycles. The predicted molar refractivity (Wildman–Crippen MR) is 67.3 cm³/mol. The lowest BCUT2D eigenvalue weighted by atomic mass is 10.2. The minimum absolute atomic E-state index is 0.0926. The fraction of sp³-hybridized carbons (Fsp3) is 0.111. The van der Waals surface area contributed by atoms with Gasteiger partial charge in [-0.1, -0.05) is 0 Å². The van der Waals surface area contributed by atoms with Crippen molar-refractivity contribution in [3.63, 3.8) is 0 Å². The lowest BCUT2D eigenvalue weighted by Crippen LogP contribution is -1.96. The van der Waals surface area contributed by atoms with Crippen molar-refractivity contribution >= 4 is 51.2 Å². The summed E-state index contributed by atoms with van der Waals surface area (Å²) in [7, 11) is 0. The van der Waals surface area contributed by atoms with Crippen LogP contribution in [0.15, 0.2) is 17.5 Å². The third-order valence-corrected chi connectivity index (χ3v) is 4.73. The van der Waals surface area contributed by atoms with Crippen LogP contribution in [0.2, 0.25) is 0 Å². The highest BCUT2D eigenvalue weighted by Gasteiger charge is 2.15. The number of carbonyl (C=O) groups excluding carboxylic acids is 1. The van der Waals surface area contributed by atoms with Gasteiger partial charge in [0.2, 0.25) is 5.78 Å². The maximum Gasteiger partial charge on any atom is 0.215 e. The van der Waals surface area contributed by atoms with Gasteiger partial charge in [-0.2, -0.15) is 4.37 Å². The number of carbonyl (C=O) groups is 1. The summed E-state index contributed by atoms with van der Waals surface area (Å²) in [6, 6.07) is 3.79. The third-order valence-electron chi connectivity index (χ3n) is 1.68. The summed E-state index contributed by atoms with van der Waals surface area (Å²) in [4.78, 5) is 13.5. The van der Waals surface area contributed by atoms with Crippen molar-refractivity contribution in [3.8, 4) is 0 Å². The van der Waals surface area contributed by atoms with Gasteiger partial charge in [0, 0.05) is 3.57 Å². The van der Waals surface area contributed by atoms with Crippen LogP contribution in [-0.4, -0.2) is 10.2 Å². The first-order valence-corrected chi connectivity index (χ1v) is 6.62. The molecule has 0 aliphatic carbocycles. The summed E-state index contributed by atoms with van der Waals surface area (Å²) < 4.78 is 5.12. The average Bonchev–Trinajstić information content (AvgIpc) is 2.73. The molecule has 0 aromatic carbocycles. The van der Waals surface area contributed by atoms with Gasteiger partial charge in [0.15, 0.2) is 0 Å². The van der Waals surface area contributed by atoms with Crippen LogP contribution in [0.5, 0.6) is 0 Å². The fourth-order valence-corrected chi connectivity index (χ4v) is 3.59. The van der Waals surface area contributed by atoms with Gasteiger partial charge in [-0.05, 0) is 58.6 Å². The number of halogens is 1. The Hall–Kier alpha value is -0.270. The second-order valence-corrected chi connectivity index (χ2v) is 5.64. The molecule has 2 aromatic rings. The third kappa shape index (κ3) is 1.89. The van der Waals surface area contributed by atoms with Crippen LogP contribution in [0, 0.1) is 10.5 Å². The molecule has 0 saturated heterocycles. The van der Waals surface area contributed by atoms with Gasteiger partial charge in [-0.15, -0.1) is 11.3 Å². The van der Waals surface area contributed by atoms with Crippen molar-refractivity contribution in [2.45, 2.75) is 6.92 Å². The molecule has 72 valence electrons. The minimum Gasteiger partial charge on any atom is -0.287 e. The average molecular weight is 335 g/mol. The Morgan fingerprint density at radius 2 is 2.36 bits per heavy atom. The van der Waals surface area contributed by atoms with Crippen LogP contribution in [-0.2, 0) is 0 Å². The maximum absolute atomic E-state index is 11.9. The molecule has 0 spiro atoms. The smallest absolute Gasteiger partial charge is 0.215 e. The highest BCUT2D eigenvalue weighted by molar-refractivity contribution is 14.1. The Balaban J connectivity index is 2.38. The lowest BCUT2D eigenvalue weighted by Gasteiger charge is -1.92. The zero-order valence-corrected chi connectivity index (χ0v) is 11.1. The Labute approximate surface area is 103 Å². The molecule has 0 saturated carbocycles. The lowest BCUT2D eigenvalue weighted by molar-refractivity contribution is 0.104. The van der Waals surface area contributed by atoms with Crippen LogP contribution in [0.25, 0.3) is 0 Å². The predicted octanol–water partition coefficient (Wildman–Crippen LogP) is 3.35. The second-order valence-electron chi connectivity index (χ2n) is 2.76. The molecule has 14 heavy (non-hydrogen) atoms. The van der Waals surface area contributed by atoms with Crippen molar-refractivity contribution in [3.05, 3.63) is 36.5 Å². The van der Waals surface area contributed by atoms with Gasteiger partial charge >= 0.3 is 0 Å². The molecule has 0 radical (unpaired) electrons. The van der Waals surface area contributed by atoms with Crippen LogP contribution in [0.1, 0.15) is 20.2 Å². The first kappa shape index (κ1) is 10.3. The minimum atomic E-state index is 0.0926. The Morgan fingerprint density at radius 3 is 2.86 bits per heavy atom. The first-order chi connectivity index (χ1) is 6.68. The monoisotopic (exact) mass is 335 g/mol. The van der Waals surface area contributed by atoms with E-state index in [0.29, 0.717) is 0 Å². The molecule has 0 fully saturated rings. The largest absolute Gasteiger partial charge is 0.287 e. The number of thiophene rings is 1. The van der Waals surface area contributed by atoms with Crippen LogP contribution in [0.4, 0.5) is 0 Å². The van der Waals surface area contributed by atoms with Crippen molar-refractivity contribution in [1.29, 1.82) is 0 Å². The first-order valence-electron chi connectivity index (χ1n) is 3.89. The summed E-state index contributed by atoms with van der Waals surface area (Å²) in [5.41, 5.74) is 0.907. The molecule has 2 nitrogen and oxygen atoms in total. The Morgan fingerprint density at radius 1 is 1.57 bits per heavy atom. The van der Waals surface area contributed by atoms with E-state index in [1.165, 1.54) is 22.9 Å². The highest BCUT2D eigenvalue weighted by Crippen LogP contribution is 2.24. The van der Waals surface area contributed by atoms with E-state index in [-0.39, 0.29) is 5.78 Å². The second kappa shape index (κ2) is 4.08. The van der Waals surface area contributed by atoms with Gasteiger partial charge in [0.05, 0.1) is 15.4 Å². The number of hydrogen-bond donors (Lipinski definition) is 0. The van der Waals surface area contributed by atoms with E-state index in [1.54, 1.807) is 0 Å². The SMILES string of the molecule is Cc1cc(C(=O)c2sccc2I)sn1. The van der Waals surface area contributed by atoms with E-state index >= 15 is 0 Å². The van der Waals surface area contributed by atoms with E-state index in [9.17, 15) is 4.79 Å². The molecule has 0 N–H and O–H groups in total. The van der Waals surface area contributed by atoms with E-state index in [2.05, 4.69) is 27.0 Å². The van der Waals surface area contributed by atoms with Crippen molar-refractivity contribution in [2.24, 2.45) is 0 Å². The quantitative estimate of drug-likeness (QED) is 0.622. The van der Waals surface area contributed by atoms with Gasteiger partial charge < -0.3 is 0 Å². The molecular weight excluding hydrogens is 329 g/mol. The summed E-state index contributed by atoms with van der Waals surface area (Å²) in [6.07, 6.45) is 0. The number of ketones is 1. The fourth-order valence-electron chi connectivity index (χ4n) is 1.04. The van der Waals surface area contributed by atoms with Crippen molar-refractivity contribution < 1.29 is 4.79 Å². The van der Waals surface area contributed by atoms with Gasteiger partial charge in [0.25, 0.3) is 0 Å². The Bertz CT molecular complexity index is 475. The normalized spacial score (nSPS) is 10.4. The summed E-state index contributed by atoms with van der Waals surface area (Å²) in [5, 5.41) is 1.93. The van der Waals surface area contributed by atoms with E-state index in [0.717, 1.165) is 19.0 Å². The zero-order chi connectivity index (χ0) is 10.1. The molecular formula is C9H6INOS2. The van der Waals surface area contributed by atoms with Gasteiger partial charge in [-0.25, -0.2) is 0 Å². The van der Waals surface area contributed by atoms with Crippen LogP contribution in [0.3, 0.4) is 0 Å². The maximum atomic E-state index is 11.9. The number of aromatic nitrogens is 1. The number of nitrogens with zero attached hydrogens (tertiary/aromatic N) is 1. The molecule has 0 unspecified atom stereocenters. The molecule has 0 aliphatic rings. The summed E-state index contributed by atoms with van der Waals surface area (Å²) in [5.74, 6) is 0.0926. The van der Waals surface area contributed by atoms with E-state index in [1.807, 2.05) is 24.4 Å². The van der Waals surface area contributed by atoms with Gasteiger partial charge in [-0.3, -0.25) is 4.79 Å². The Kier molecular flexibility index (Phi) is 2.99. The standard InChI is InChI=1S/C9H6INOS2/c1-5-4-7(14-11-5)8(12)9-6(10)2-3-13-9/h2-4H,1H3. The molecule has 0 atom stereocenters. The number of hydrogen-bond acceptors (Lipinski definition) is 4. The number of rotatable bonds is 2. The number of aryl methyl sites for hydroxylation is 1. The topological polar surface area (TPSA) is 30.0 Å². The van der Waals surface area contributed by atoms with Crippen molar-refractivity contribution in [1.82, 2.24) is 4.37 Å². The molecule has 5 heteroatoms. The molecule has 2 heterocycles. The van der Waals surface area contributed by atoms with Gasteiger partial charge in [0.1, 0.15) is 0 Å². The molecule has 2 rings (SSSR count). The summed E-state index contributed by atoms with van der Waals surface area (Å²) >= 11 is 4.93. The molecule has 0 aliphatic heterocycles. The zero-order valence-electron chi connectivity index (χ0n) is 7.28. The highest BCUT2D eigenvalue weighted by atomic mass is 127. The molecule has 0 bridgehead atoms. The van der Waals surface area contributed by atoms with E-state index < -0.39 is 0 Å².